The van der Waals surface area contributed by atoms with Crippen molar-refractivity contribution in [3.8, 4) is 0 Å². The lowest BCUT2D eigenvalue weighted by Crippen LogP contribution is -2.64. The average molecular weight is 557 g/mol. The van der Waals surface area contributed by atoms with Gasteiger partial charge in [0, 0.05) is 6.04 Å². The molecule has 2 aliphatic heterocycles. The van der Waals surface area contributed by atoms with Crippen molar-refractivity contribution in [1.82, 2.24) is 20.0 Å². The lowest BCUT2D eigenvalue weighted by molar-refractivity contribution is -0.202. The van der Waals surface area contributed by atoms with Gasteiger partial charge in [0.05, 0.1) is 32.2 Å². The molecule has 3 rings (SSSR count). The standard InChI is InChI=1S/C23H26F3N5O8/c1-13(29-7-16(32)28-17(33)8-29)15(11-38-22(37)23(24,25)26)30-9-18(34)31(19(35)10-30)12-39-21(36)20(27)14-5-3-2-4-6-14/h2-6,13,15,20H,7-12,27H2,1H3,(H,28,32,33). The molecule has 0 saturated carbocycles. The van der Waals surface area contributed by atoms with Crippen LogP contribution in [0.3, 0.4) is 0 Å². The largest absolute Gasteiger partial charge is 0.490 e. The van der Waals surface area contributed by atoms with Crippen LogP contribution in [0.25, 0.3) is 0 Å². The first-order valence-corrected chi connectivity index (χ1v) is 11.6. The summed E-state index contributed by atoms with van der Waals surface area (Å²) in [5.74, 6) is -6.39. The number of halogens is 3. The number of amides is 4. The third kappa shape index (κ3) is 7.58. The molecule has 16 heteroatoms. The maximum atomic E-state index is 12.8. The number of ether oxygens (including phenoxy) is 2. The molecule has 1 aromatic carbocycles. The molecule has 0 aliphatic carbocycles. The SMILES string of the molecule is CC(C(COC(=O)C(F)(F)F)N1CC(=O)N(COC(=O)C(N)c2ccccc2)C(=O)C1)N1CC(=O)NC(=O)C1. The van der Waals surface area contributed by atoms with Crippen LogP contribution in [0, 0.1) is 0 Å². The summed E-state index contributed by atoms with van der Waals surface area (Å²) in [6.45, 7) is -1.83. The summed E-state index contributed by atoms with van der Waals surface area (Å²) in [7, 11) is 0. The van der Waals surface area contributed by atoms with E-state index in [1.54, 1.807) is 30.3 Å². The highest BCUT2D eigenvalue weighted by atomic mass is 19.4. The molecule has 3 unspecified atom stereocenters. The lowest BCUT2D eigenvalue weighted by atomic mass is 10.0. The van der Waals surface area contributed by atoms with E-state index in [9.17, 15) is 41.9 Å². The van der Waals surface area contributed by atoms with Crippen LogP contribution in [-0.2, 0) is 38.2 Å². The molecule has 0 bridgehead atoms. The Morgan fingerprint density at radius 1 is 0.949 bits per heavy atom. The minimum absolute atomic E-state index is 0.296. The molecule has 13 nitrogen and oxygen atoms in total. The number of carbonyl (C=O) groups excluding carboxylic acids is 6. The molecule has 0 radical (unpaired) electrons. The number of nitrogens with two attached hydrogens (primary N) is 1. The Labute approximate surface area is 219 Å². The van der Waals surface area contributed by atoms with Crippen molar-refractivity contribution >= 4 is 35.6 Å². The van der Waals surface area contributed by atoms with E-state index < -0.39 is 86.3 Å². The molecule has 3 N–H and O–H groups in total. The van der Waals surface area contributed by atoms with Crippen molar-refractivity contribution in [2.75, 3.05) is 39.5 Å². The molecule has 2 fully saturated rings. The molecule has 212 valence electrons. The fourth-order valence-electron chi connectivity index (χ4n) is 4.09. The molecule has 3 atom stereocenters. The first-order valence-electron chi connectivity index (χ1n) is 11.6. The number of imide groups is 2. The Hall–Kier alpha value is -3.89. The number of esters is 2. The average Bonchev–Trinajstić information content (AvgIpc) is 2.86. The molecule has 4 amide bonds. The smallest absolute Gasteiger partial charge is 0.457 e. The number of carbonyl (C=O) groups is 6. The number of hydrogen-bond acceptors (Lipinski definition) is 11. The normalized spacial score (nSPS) is 19.8. The van der Waals surface area contributed by atoms with Gasteiger partial charge in [0.15, 0.2) is 6.73 Å². The van der Waals surface area contributed by atoms with E-state index >= 15 is 0 Å². The molecule has 1 aromatic rings. The molecule has 0 spiro atoms. The van der Waals surface area contributed by atoms with E-state index in [0.29, 0.717) is 10.5 Å². The van der Waals surface area contributed by atoms with Crippen LogP contribution in [-0.4, -0.2) is 108 Å². The van der Waals surface area contributed by atoms with Crippen molar-refractivity contribution in [2.24, 2.45) is 5.73 Å². The summed E-state index contributed by atoms with van der Waals surface area (Å²) in [6, 6.07) is 4.94. The summed E-state index contributed by atoms with van der Waals surface area (Å²) < 4.78 is 47.6. The van der Waals surface area contributed by atoms with E-state index in [2.05, 4.69) is 10.1 Å². The van der Waals surface area contributed by atoms with Gasteiger partial charge < -0.3 is 15.2 Å². The predicted molar refractivity (Wildman–Crippen MR) is 123 cm³/mol. The van der Waals surface area contributed by atoms with Crippen molar-refractivity contribution < 1.29 is 51.4 Å². The zero-order chi connectivity index (χ0) is 28.9. The van der Waals surface area contributed by atoms with Crippen LogP contribution in [0.5, 0.6) is 0 Å². The Balaban J connectivity index is 1.69. The highest BCUT2D eigenvalue weighted by Crippen LogP contribution is 2.21. The van der Waals surface area contributed by atoms with Gasteiger partial charge in [-0.2, -0.15) is 13.2 Å². The van der Waals surface area contributed by atoms with Crippen molar-refractivity contribution in [1.29, 1.82) is 0 Å². The van der Waals surface area contributed by atoms with Gasteiger partial charge in [0.2, 0.25) is 23.6 Å². The Morgan fingerprint density at radius 2 is 1.51 bits per heavy atom. The number of hydrogen-bond donors (Lipinski definition) is 2. The zero-order valence-electron chi connectivity index (χ0n) is 20.7. The highest BCUT2D eigenvalue weighted by Gasteiger charge is 2.44. The third-order valence-corrected chi connectivity index (χ3v) is 6.22. The van der Waals surface area contributed by atoms with Crippen molar-refractivity contribution in [3.63, 3.8) is 0 Å². The minimum Gasteiger partial charge on any atom is -0.457 e. The zero-order valence-corrected chi connectivity index (χ0v) is 20.7. The first kappa shape index (κ1) is 29.7. The number of rotatable bonds is 9. The van der Waals surface area contributed by atoms with Crippen LogP contribution in [0.1, 0.15) is 18.5 Å². The van der Waals surface area contributed by atoms with Gasteiger partial charge in [0.1, 0.15) is 12.6 Å². The van der Waals surface area contributed by atoms with Crippen LogP contribution in [0.4, 0.5) is 13.2 Å². The number of nitrogens with zero attached hydrogens (tertiary/aromatic N) is 3. The lowest BCUT2D eigenvalue weighted by Gasteiger charge is -2.43. The van der Waals surface area contributed by atoms with E-state index in [0.717, 1.165) is 0 Å². The van der Waals surface area contributed by atoms with Gasteiger partial charge in [0.25, 0.3) is 0 Å². The van der Waals surface area contributed by atoms with Gasteiger partial charge >= 0.3 is 18.1 Å². The topological polar surface area (TPSA) is 169 Å². The molecule has 39 heavy (non-hydrogen) atoms. The monoisotopic (exact) mass is 557 g/mol. The maximum absolute atomic E-state index is 12.8. The van der Waals surface area contributed by atoms with Gasteiger partial charge in [-0.25, -0.2) is 14.5 Å². The van der Waals surface area contributed by atoms with Crippen LogP contribution >= 0.6 is 0 Å². The summed E-state index contributed by atoms with van der Waals surface area (Å²) in [5.41, 5.74) is 6.29. The van der Waals surface area contributed by atoms with Crippen LogP contribution < -0.4 is 11.1 Å². The van der Waals surface area contributed by atoms with Gasteiger partial charge in [-0.1, -0.05) is 30.3 Å². The number of benzene rings is 1. The predicted octanol–water partition coefficient (Wildman–Crippen LogP) is -1.32. The summed E-state index contributed by atoms with van der Waals surface area (Å²) in [6.07, 6.45) is -5.29. The van der Waals surface area contributed by atoms with Crippen LogP contribution in [0.2, 0.25) is 0 Å². The quantitative estimate of drug-likeness (QED) is 0.273. The minimum atomic E-state index is -5.29. The van der Waals surface area contributed by atoms with E-state index in [4.69, 9.17) is 10.5 Å². The molecular weight excluding hydrogens is 531 g/mol. The van der Waals surface area contributed by atoms with Gasteiger partial charge in [-0.15, -0.1) is 0 Å². The fourth-order valence-corrected chi connectivity index (χ4v) is 4.09. The molecule has 0 aromatic heterocycles. The summed E-state index contributed by atoms with van der Waals surface area (Å²) in [4.78, 5) is 76.0. The Morgan fingerprint density at radius 3 is 2.05 bits per heavy atom. The highest BCUT2D eigenvalue weighted by molar-refractivity contribution is 6.00. The number of nitrogens with one attached hydrogen (secondary N) is 1. The van der Waals surface area contributed by atoms with E-state index in [1.807, 2.05) is 0 Å². The fraction of sp³-hybridized carbons (Fsp3) is 0.478. The molecule has 2 aliphatic rings. The molecular formula is C23H26F3N5O8. The van der Waals surface area contributed by atoms with E-state index in [1.165, 1.54) is 16.7 Å². The number of alkyl halides is 3. The van der Waals surface area contributed by atoms with Crippen molar-refractivity contribution in [3.05, 3.63) is 35.9 Å². The van der Waals surface area contributed by atoms with Gasteiger partial charge in [-0.3, -0.25) is 34.3 Å². The van der Waals surface area contributed by atoms with Crippen molar-refractivity contribution in [2.45, 2.75) is 31.2 Å². The molecule has 2 heterocycles. The Kier molecular flexibility index (Phi) is 9.36. The summed E-state index contributed by atoms with van der Waals surface area (Å²) in [5, 5.41) is 2.08. The second-order valence-electron chi connectivity index (χ2n) is 8.88. The first-order chi connectivity index (χ1) is 18.3. The van der Waals surface area contributed by atoms with Gasteiger partial charge in [-0.05, 0) is 12.5 Å². The number of piperazine rings is 2. The second-order valence-corrected chi connectivity index (χ2v) is 8.88. The second kappa shape index (κ2) is 12.3. The molecule has 2 saturated heterocycles. The summed E-state index contributed by atoms with van der Waals surface area (Å²) >= 11 is 0. The third-order valence-electron chi connectivity index (χ3n) is 6.22. The van der Waals surface area contributed by atoms with E-state index in [-0.39, 0.29) is 13.1 Å². The maximum Gasteiger partial charge on any atom is 0.490 e. The Bertz CT molecular complexity index is 1100. The van der Waals surface area contributed by atoms with Crippen LogP contribution in [0.15, 0.2) is 30.3 Å².